The number of hydrogen-bond donors (Lipinski definition) is 0. The van der Waals surface area contributed by atoms with Crippen LogP contribution in [0.2, 0.25) is 0 Å². The summed E-state index contributed by atoms with van der Waals surface area (Å²) in [6.45, 7) is 1.96. The fraction of sp³-hybridized carbons (Fsp3) is 0.500. The number of halogens is 1. The summed E-state index contributed by atoms with van der Waals surface area (Å²) in [6.07, 6.45) is 0. The van der Waals surface area contributed by atoms with Crippen molar-refractivity contribution >= 4 is 13.3 Å². The van der Waals surface area contributed by atoms with Crippen LogP contribution in [-0.4, -0.2) is 0 Å². The normalized spacial score (nSPS) is 4.50. The summed E-state index contributed by atoms with van der Waals surface area (Å²) in [7, 11) is 0. The Bertz CT molecular complexity index is 42.8. The van der Waals surface area contributed by atoms with Crippen molar-refractivity contribution in [1.82, 2.24) is 0 Å². The molecule has 0 aliphatic heterocycles. The molecular weight excluding hydrogens is 288 g/mol. The maximum atomic E-state index is 3.30. The monoisotopic (exact) mass is 290 g/mol. The fourth-order valence-corrected chi connectivity index (χ4v) is 0. The molecule has 0 aliphatic rings. The van der Waals surface area contributed by atoms with Gasteiger partial charge in [-0.1, -0.05) is 0 Å². The van der Waals surface area contributed by atoms with Crippen LogP contribution in [-0.2, 0) is 15.8 Å². The number of hydrogen-bond acceptors (Lipinski definition) is 0. The summed E-state index contributed by atoms with van der Waals surface area (Å²) in [5.41, 5.74) is 0. The molecule has 0 heterocycles. The third kappa shape index (κ3) is 2.95. The van der Waals surface area contributed by atoms with E-state index in [9.17, 15) is 0 Å². The second-order valence-corrected chi connectivity index (χ2v) is 4.95. The first-order chi connectivity index (χ1) is 1.91. The van der Waals surface area contributed by atoms with Gasteiger partial charge in [-0.3, -0.25) is 0 Å². The average molecular weight is 291 g/mol. The first-order valence-corrected chi connectivity index (χ1v) is 8.73. The van der Waals surface area contributed by atoms with Gasteiger partial charge in [0.15, 0.2) is 0 Å². The molecule has 2 heteroatoms. The predicted molar refractivity (Wildman–Crippen MR) is 18.5 cm³/mol. The molecule has 0 fully saturated rings. The van der Waals surface area contributed by atoms with Crippen LogP contribution in [0.15, 0.2) is 0 Å². The molecular formula is C2H3BrW. The van der Waals surface area contributed by atoms with E-state index in [4.69, 9.17) is 0 Å². The van der Waals surface area contributed by atoms with Crippen molar-refractivity contribution in [1.29, 1.82) is 0 Å². The molecule has 0 atom stereocenters. The summed E-state index contributed by atoms with van der Waals surface area (Å²) in [5, 5.41) is 0. The molecule has 0 aromatic heterocycles. The van der Waals surface area contributed by atoms with Gasteiger partial charge in [-0.15, -0.1) is 0 Å². The predicted octanol–water partition coefficient (Wildman–Crippen LogP) is 1.36. The molecule has 0 unspecified atom stereocenters. The zero-order valence-electron chi connectivity index (χ0n) is 2.29. The molecule has 0 radical (unpaired) electrons. The average Bonchev–Trinajstić information content (AvgIpc) is 1.37. The van der Waals surface area contributed by atoms with Crippen molar-refractivity contribution in [2.45, 2.75) is 6.92 Å². The van der Waals surface area contributed by atoms with Crippen LogP contribution in [0.4, 0.5) is 0 Å². The van der Waals surface area contributed by atoms with E-state index in [1.54, 1.807) is 0 Å². The first kappa shape index (κ1) is 4.95. The van der Waals surface area contributed by atoms with Crippen LogP contribution >= 0.6 is 13.3 Å². The van der Waals surface area contributed by atoms with Crippen LogP contribution in [0.25, 0.3) is 0 Å². The third-order valence-corrected chi connectivity index (χ3v) is 3.28. The molecule has 0 saturated heterocycles. The Balaban J connectivity index is 2.83. The minimum atomic E-state index is -0.192. The molecule has 0 aliphatic carbocycles. The minimum absolute atomic E-state index is 0.192. The van der Waals surface area contributed by atoms with Gasteiger partial charge in [0.2, 0.25) is 0 Å². The van der Waals surface area contributed by atoms with Crippen LogP contribution in [0.5, 0.6) is 0 Å². The van der Waals surface area contributed by atoms with E-state index in [0.29, 0.717) is 0 Å². The van der Waals surface area contributed by atoms with Gasteiger partial charge in [0.05, 0.1) is 0 Å². The zero-order valence-corrected chi connectivity index (χ0v) is 6.81. The molecule has 0 aromatic carbocycles. The second kappa shape index (κ2) is 3.95. The van der Waals surface area contributed by atoms with E-state index in [1.165, 1.54) is 0 Å². The molecule has 4 heavy (non-hydrogen) atoms. The third-order valence-electron chi connectivity index (χ3n) is 0.0772. The van der Waals surface area contributed by atoms with E-state index < -0.39 is 0 Å². The molecule has 24 valence electrons. The van der Waals surface area contributed by atoms with Gasteiger partial charge >= 0.3 is 40.3 Å². The van der Waals surface area contributed by atoms with Crippen molar-refractivity contribution in [2.75, 3.05) is 0 Å². The van der Waals surface area contributed by atoms with E-state index >= 15 is 0 Å². The van der Waals surface area contributed by atoms with Gasteiger partial charge in [0.1, 0.15) is 0 Å². The molecule has 0 nitrogen and oxygen atoms in total. The van der Waals surface area contributed by atoms with Gasteiger partial charge in [-0.05, 0) is 0 Å². The molecule has 0 rings (SSSR count). The van der Waals surface area contributed by atoms with Crippen molar-refractivity contribution in [3.63, 3.8) is 0 Å². The van der Waals surface area contributed by atoms with E-state index in [2.05, 4.69) is 17.5 Å². The van der Waals surface area contributed by atoms with Crippen LogP contribution in [0.1, 0.15) is 6.92 Å². The standard InChI is InChI=1S/C2H3.BrH.W/c1-2;;/h1H3;1H;/q;;+1/p-1. The Morgan fingerprint density at radius 1 is 2.00 bits per heavy atom. The van der Waals surface area contributed by atoms with E-state index in [1.807, 2.05) is 6.92 Å². The Morgan fingerprint density at radius 3 is 2.25 bits per heavy atom. The van der Waals surface area contributed by atoms with E-state index in [0.717, 1.165) is 0 Å². The zero-order chi connectivity index (χ0) is 3.41. The second-order valence-electron chi connectivity index (χ2n) is 0.281. The van der Waals surface area contributed by atoms with Gasteiger partial charge < -0.3 is 0 Å². The van der Waals surface area contributed by atoms with Crippen molar-refractivity contribution in [2.24, 2.45) is 0 Å². The van der Waals surface area contributed by atoms with Crippen LogP contribution < -0.4 is 0 Å². The summed E-state index contributed by atoms with van der Waals surface area (Å²) in [6, 6.07) is 0. The van der Waals surface area contributed by atoms with Crippen molar-refractivity contribution in [3.05, 3.63) is 0 Å². The molecule has 0 amide bonds. The van der Waals surface area contributed by atoms with Gasteiger partial charge in [-0.2, -0.15) is 0 Å². The SMILES string of the molecule is C[C]#[W][Br]. The topological polar surface area (TPSA) is 0 Å². The van der Waals surface area contributed by atoms with Crippen molar-refractivity contribution in [3.8, 4) is 4.20 Å². The molecule has 0 saturated carbocycles. The summed E-state index contributed by atoms with van der Waals surface area (Å²) in [4.78, 5) is 0. The summed E-state index contributed by atoms with van der Waals surface area (Å²) >= 11 is 3.11. The molecule has 0 spiro atoms. The fourth-order valence-electron chi connectivity index (χ4n) is 0. The Kier molecular flexibility index (Phi) is 4.88. The quantitative estimate of drug-likeness (QED) is 0.632. The molecule has 0 N–H and O–H groups in total. The van der Waals surface area contributed by atoms with Gasteiger partial charge in [0.25, 0.3) is 0 Å². The molecule has 0 bridgehead atoms. The Hall–Kier alpha value is 0.948. The first-order valence-electron chi connectivity index (χ1n) is 0.858. The summed E-state index contributed by atoms with van der Waals surface area (Å²) in [5.74, 6) is 0. The van der Waals surface area contributed by atoms with Crippen molar-refractivity contribution < 1.29 is 15.8 Å². The summed E-state index contributed by atoms with van der Waals surface area (Å²) < 4.78 is 3.01. The Labute approximate surface area is 40.4 Å². The van der Waals surface area contributed by atoms with E-state index in [-0.39, 0.29) is 15.8 Å². The van der Waals surface area contributed by atoms with Gasteiger partial charge in [-0.25, -0.2) is 0 Å². The maximum absolute atomic E-state index is 3.30. The number of rotatable bonds is 0. The molecule has 0 aromatic rings. The van der Waals surface area contributed by atoms with Crippen LogP contribution in [0, 0.1) is 4.20 Å². The van der Waals surface area contributed by atoms with Crippen LogP contribution in [0.3, 0.4) is 0 Å². The Morgan fingerprint density at radius 2 is 2.25 bits per heavy atom. The van der Waals surface area contributed by atoms with Gasteiger partial charge in [0, 0.05) is 0 Å².